The van der Waals surface area contributed by atoms with Crippen LogP contribution in [-0.2, 0) is 10.0 Å². The second kappa shape index (κ2) is 9.91. The Balaban J connectivity index is 1.47. The van der Waals surface area contributed by atoms with Crippen LogP contribution in [0.3, 0.4) is 0 Å². The fraction of sp³-hybridized carbons (Fsp3) is 0.462. The maximum Gasteiger partial charge on any atom is 0.317 e. The quantitative estimate of drug-likeness (QED) is 0.626. The molecule has 0 radical (unpaired) electrons. The molecule has 2 saturated heterocycles. The lowest BCUT2D eigenvalue weighted by Crippen LogP contribution is -2.39. The number of aromatic nitrogens is 1. The fourth-order valence-electron chi connectivity index (χ4n) is 5.71. The maximum absolute atomic E-state index is 12.1. The first-order chi connectivity index (χ1) is 16.8. The third kappa shape index (κ3) is 5.10. The van der Waals surface area contributed by atoms with Gasteiger partial charge in [-0.05, 0) is 72.1 Å². The van der Waals surface area contributed by atoms with Crippen LogP contribution in [0.5, 0.6) is 0 Å². The summed E-state index contributed by atoms with van der Waals surface area (Å²) < 4.78 is 25.7. The van der Waals surface area contributed by atoms with Crippen LogP contribution in [0, 0.1) is 5.92 Å². The molecule has 1 aromatic carbocycles. The summed E-state index contributed by atoms with van der Waals surface area (Å²) in [7, 11) is -3.19. The van der Waals surface area contributed by atoms with E-state index in [1.54, 1.807) is 4.31 Å². The minimum Gasteiger partial charge on any atom is -0.336 e. The highest BCUT2D eigenvalue weighted by atomic mass is 35.5. The zero-order chi connectivity index (χ0) is 24.6. The van der Waals surface area contributed by atoms with Crippen molar-refractivity contribution in [3.05, 3.63) is 63.9 Å². The van der Waals surface area contributed by atoms with Gasteiger partial charge in [0.2, 0.25) is 10.0 Å². The highest BCUT2D eigenvalue weighted by Gasteiger charge is 2.36. The lowest BCUT2D eigenvalue weighted by Gasteiger charge is -2.35. The summed E-state index contributed by atoms with van der Waals surface area (Å²) in [5.74, 6) is 0.348. The van der Waals surface area contributed by atoms with E-state index in [9.17, 15) is 13.2 Å². The van der Waals surface area contributed by atoms with Crippen LogP contribution >= 0.6 is 11.6 Å². The molecule has 9 heteroatoms. The van der Waals surface area contributed by atoms with E-state index >= 15 is 0 Å². The summed E-state index contributed by atoms with van der Waals surface area (Å²) in [6.45, 7) is 3.24. The number of nitrogens with zero attached hydrogens (tertiary/aromatic N) is 3. The van der Waals surface area contributed by atoms with Crippen molar-refractivity contribution in [2.75, 3.05) is 39.0 Å². The Labute approximate surface area is 212 Å². The number of sulfonamides is 1. The van der Waals surface area contributed by atoms with Crippen LogP contribution in [0.25, 0.3) is 11.6 Å². The zero-order valence-corrected chi connectivity index (χ0v) is 21.5. The van der Waals surface area contributed by atoms with Crippen molar-refractivity contribution in [1.29, 1.82) is 0 Å². The Kier molecular flexibility index (Phi) is 6.88. The number of hydrogen-bond donors (Lipinski definition) is 1. The highest BCUT2D eigenvalue weighted by Crippen LogP contribution is 2.45. The van der Waals surface area contributed by atoms with Gasteiger partial charge >= 0.3 is 6.03 Å². The fourth-order valence-corrected chi connectivity index (χ4v) is 6.77. The van der Waals surface area contributed by atoms with Gasteiger partial charge in [0, 0.05) is 49.9 Å². The topological polar surface area (TPSA) is 82.6 Å². The number of amides is 2. The molecule has 1 aliphatic carbocycles. The van der Waals surface area contributed by atoms with Crippen molar-refractivity contribution < 1.29 is 13.2 Å². The minimum atomic E-state index is -3.19. The summed E-state index contributed by atoms with van der Waals surface area (Å²) in [5.41, 5.74) is 5.69. The average Bonchev–Trinajstić information content (AvgIpc) is 3.18. The van der Waals surface area contributed by atoms with Gasteiger partial charge < -0.3 is 10.2 Å². The monoisotopic (exact) mass is 514 g/mol. The van der Waals surface area contributed by atoms with E-state index in [2.05, 4.69) is 23.5 Å². The molecule has 3 heterocycles. The van der Waals surface area contributed by atoms with E-state index < -0.39 is 10.0 Å². The second-order valence-electron chi connectivity index (χ2n) is 9.68. The number of allylic oxidation sites excluding steroid dienone is 1. The van der Waals surface area contributed by atoms with Crippen LogP contribution < -0.4 is 5.32 Å². The molecule has 1 atom stereocenters. The number of pyridine rings is 1. The third-order valence-electron chi connectivity index (χ3n) is 7.45. The van der Waals surface area contributed by atoms with Crippen molar-refractivity contribution in [3.8, 4) is 0 Å². The number of nitrogens with one attached hydrogen (secondary N) is 1. The highest BCUT2D eigenvalue weighted by molar-refractivity contribution is 7.88. The van der Waals surface area contributed by atoms with Crippen molar-refractivity contribution in [1.82, 2.24) is 19.5 Å². The van der Waals surface area contributed by atoms with Gasteiger partial charge in [0.05, 0.1) is 11.9 Å². The molecule has 7 nitrogen and oxygen atoms in total. The second-order valence-corrected chi connectivity index (χ2v) is 12.1. The van der Waals surface area contributed by atoms with Crippen molar-refractivity contribution >= 4 is 39.3 Å². The molecule has 0 bridgehead atoms. The van der Waals surface area contributed by atoms with Crippen molar-refractivity contribution in [2.24, 2.45) is 5.92 Å². The molecule has 2 fully saturated rings. The van der Waals surface area contributed by atoms with E-state index in [1.165, 1.54) is 17.4 Å². The van der Waals surface area contributed by atoms with Gasteiger partial charge in [-0.2, -0.15) is 0 Å². The predicted octanol–water partition coefficient (Wildman–Crippen LogP) is 4.20. The van der Waals surface area contributed by atoms with Crippen LogP contribution in [-0.4, -0.2) is 67.6 Å². The van der Waals surface area contributed by atoms with Crippen LogP contribution in [0.1, 0.15) is 54.0 Å². The smallest absolute Gasteiger partial charge is 0.317 e. The van der Waals surface area contributed by atoms with Gasteiger partial charge in [-0.15, -0.1) is 0 Å². The number of benzene rings is 1. The lowest BCUT2D eigenvalue weighted by molar-refractivity contribution is 0.217. The molecule has 5 rings (SSSR count). The summed E-state index contributed by atoms with van der Waals surface area (Å²) in [6.07, 6.45) is 8.64. The Bertz CT molecular complexity index is 1250. The molecular weight excluding hydrogens is 484 g/mol. The first-order valence-electron chi connectivity index (χ1n) is 12.2. The molecule has 3 aliphatic rings. The summed E-state index contributed by atoms with van der Waals surface area (Å²) >= 11 is 6.43. The van der Waals surface area contributed by atoms with E-state index in [4.69, 9.17) is 16.6 Å². The summed E-state index contributed by atoms with van der Waals surface area (Å²) in [4.78, 5) is 18.7. The number of halogens is 1. The standard InChI is InChI=1S/C26H31ClN4O3S/c1-35(33,34)31-13-8-18(9-14-31)24-22-7-6-21(27)17-20(22)16-19(23-5-2-10-28-25(23)24)4-3-12-30-15-11-29-26(30)32/h2,5-7,10,16-18,24H,3-4,8-9,11-15H2,1H3,(H,29,32). The van der Waals surface area contributed by atoms with E-state index in [1.807, 2.05) is 29.3 Å². The Hall–Kier alpha value is -2.42. The molecular formula is C26H31ClN4O3S. The number of urea groups is 1. The Morgan fingerprint density at radius 3 is 2.69 bits per heavy atom. The largest absolute Gasteiger partial charge is 0.336 e. The van der Waals surface area contributed by atoms with E-state index in [-0.39, 0.29) is 17.9 Å². The van der Waals surface area contributed by atoms with Gasteiger partial charge in [0.1, 0.15) is 0 Å². The van der Waals surface area contributed by atoms with E-state index in [0.717, 1.165) is 49.0 Å². The van der Waals surface area contributed by atoms with Crippen LogP contribution in [0.2, 0.25) is 5.02 Å². The van der Waals surface area contributed by atoms with Gasteiger partial charge in [-0.1, -0.05) is 29.8 Å². The van der Waals surface area contributed by atoms with Crippen molar-refractivity contribution in [2.45, 2.75) is 31.6 Å². The van der Waals surface area contributed by atoms with Gasteiger partial charge in [-0.25, -0.2) is 17.5 Å². The number of fused-ring (bicyclic) bond motifs is 2. The van der Waals surface area contributed by atoms with Crippen LogP contribution in [0.15, 0.2) is 36.5 Å². The van der Waals surface area contributed by atoms with Gasteiger partial charge in [-0.3, -0.25) is 4.98 Å². The number of carbonyl (C=O) groups excluding carboxylic acids is 1. The molecule has 35 heavy (non-hydrogen) atoms. The number of rotatable bonds is 6. The molecule has 2 aliphatic heterocycles. The summed E-state index contributed by atoms with van der Waals surface area (Å²) in [5, 5.41) is 3.56. The van der Waals surface area contributed by atoms with Gasteiger partial charge in [0.25, 0.3) is 0 Å². The molecule has 0 saturated carbocycles. The molecule has 2 aromatic rings. The molecule has 186 valence electrons. The first kappa shape index (κ1) is 24.3. The molecule has 1 N–H and O–H groups in total. The zero-order valence-electron chi connectivity index (χ0n) is 19.9. The SMILES string of the molecule is CS(=O)(=O)N1CCC(C2c3ccc(Cl)cc3C=C(CCCN3CCNC3=O)c3cccnc32)CC1. The Morgan fingerprint density at radius 1 is 1.17 bits per heavy atom. The third-order valence-corrected chi connectivity index (χ3v) is 8.99. The van der Waals surface area contributed by atoms with Crippen molar-refractivity contribution in [3.63, 3.8) is 0 Å². The van der Waals surface area contributed by atoms with Crippen LogP contribution in [0.4, 0.5) is 4.79 Å². The molecule has 2 amide bonds. The number of carbonyl (C=O) groups is 1. The van der Waals surface area contributed by atoms with E-state index in [0.29, 0.717) is 31.2 Å². The maximum atomic E-state index is 12.1. The summed E-state index contributed by atoms with van der Waals surface area (Å²) in [6, 6.07) is 10.2. The molecule has 1 unspecified atom stereocenters. The Morgan fingerprint density at radius 2 is 1.97 bits per heavy atom. The number of hydrogen-bond acceptors (Lipinski definition) is 4. The average molecular weight is 515 g/mol. The predicted molar refractivity (Wildman–Crippen MR) is 139 cm³/mol. The minimum absolute atomic E-state index is 0.0135. The number of piperidine rings is 1. The lowest BCUT2D eigenvalue weighted by atomic mass is 9.76. The van der Waals surface area contributed by atoms with Gasteiger partial charge in [0.15, 0.2) is 0 Å². The first-order valence-corrected chi connectivity index (χ1v) is 14.5. The molecule has 1 aromatic heterocycles. The normalized spacial score (nSPS) is 21.2. The molecule has 0 spiro atoms.